The van der Waals surface area contributed by atoms with Crippen LogP contribution in [0.1, 0.15) is 24.3 Å². The molecule has 5 heterocycles. The van der Waals surface area contributed by atoms with E-state index in [0.717, 1.165) is 57.8 Å². The SMILES string of the molecule is c1cc2[nH]c(-c3n[nH]c4ccc(C5CCNCC5)cc34)nc2c(-c2ccsc2)n1. The van der Waals surface area contributed by atoms with Gasteiger partial charge in [0.05, 0.1) is 16.7 Å². The van der Waals surface area contributed by atoms with E-state index >= 15 is 0 Å². The van der Waals surface area contributed by atoms with Gasteiger partial charge in [-0.25, -0.2) is 4.98 Å². The highest BCUT2D eigenvalue weighted by atomic mass is 32.1. The third-order valence-electron chi connectivity index (χ3n) is 5.82. The normalized spacial score (nSPS) is 15.4. The fourth-order valence-electron chi connectivity index (χ4n) is 4.28. The highest BCUT2D eigenvalue weighted by Crippen LogP contribution is 2.33. The highest BCUT2D eigenvalue weighted by Gasteiger charge is 2.19. The summed E-state index contributed by atoms with van der Waals surface area (Å²) in [6, 6.07) is 10.7. The molecule has 0 spiro atoms. The molecule has 6 nitrogen and oxygen atoms in total. The summed E-state index contributed by atoms with van der Waals surface area (Å²) in [4.78, 5) is 12.9. The molecule has 0 unspecified atom stereocenters. The molecular weight excluding hydrogens is 380 g/mol. The topological polar surface area (TPSA) is 82.3 Å². The predicted octanol–water partition coefficient (Wildman–Crippen LogP) is 4.70. The maximum absolute atomic E-state index is 4.90. The van der Waals surface area contributed by atoms with E-state index in [1.165, 1.54) is 18.4 Å². The molecule has 144 valence electrons. The van der Waals surface area contributed by atoms with Crippen molar-refractivity contribution in [2.75, 3.05) is 13.1 Å². The van der Waals surface area contributed by atoms with Crippen LogP contribution in [0.4, 0.5) is 0 Å². The first-order valence-corrected chi connectivity index (χ1v) is 10.9. The van der Waals surface area contributed by atoms with Crippen LogP contribution < -0.4 is 5.32 Å². The fourth-order valence-corrected chi connectivity index (χ4v) is 4.92. The molecule has 1 saturated heterocycles. The van der Waals surface area contributed by atoms with Crippen LogP contribution in [-0.4, -0.2) is 38.2 Å². The number of aromatic amines is 2. The third-order valence-corrected chi connectivity index (χ3v) is 6.50. The molecular formula is C22H20N6S. The van der Waals surface area contributed by atoms with Gasteiger partial charge in [-0.05, 0) is 67.1 Å². The Kier molecular flexibility index (Phi) is 3.95. The summed E-state index contributed by atoms with van der Waals surface area (Å²) in [5.41, 5.74) is 7.14. The first-order chi connectivity index (χ1) is 14.4. The highest BCUT2D eigenvalue weighted by molar-refractivity contribution is 7.08. The Bertz CT molecular complexity index is 1290. The molecule has 0 radical (unpaired) electrons. The van der Waals surface area contributed by atoms with Gasteiger partial charge in [0, 0.05) is 22.5 Å². The van der Waals surface area contributed by atoms with E-state index in [0.29, 0.717) is 5.92 Å². The lowest BCUT2D eigenvalue weighted by molar-refractivity contribution is 0.460. The van der Waals surface area contributed by atoms with Crippen molar-refractivity contribution in [1.82, 2.24) is 30.5 Å². The summed E-state index contributed by atoms with van der Waals surface area (Å²) in [6.45, 7) is 2.17. The molecule has 1 aromatic carbocycles. The van der Waals surface area contributed by atoms with Gasteiger partial charge < -0.3 is 10.3 Å². The number of pyridine rings is 1. The molecule has 0 saturated carbocycles. The Labute approximate surface area is 171 Å². The number of nitrogens with zero attached hydrogens (tertiary/aromatic N) is 3. The predicted molar refractivity (Wildman–Crippen MR) is 117 cm³/mol. The van der Waals surface area contributed by atoms with Crippen LogP contribution in [0.3, 0.4) is 0 Å². The number of H-pyrrole nitrogens is 2. The number of benzene rings is 1. The average Bonchev–Trinajstić information content (AvgIpc) is 3.52. The zero-order valence-electron chi connectivity index (χ0n) is 15.8. The van der Waals surface area contributed by atoms with Crippen molar-refractivity contribution in [2.24, 2.45) is 0 Å². The molecule has 0 bridgehead atoms. The Morgan fingerprint density at radius 2 is 1.93 bits per heavy atom. The van der Waals surface area contributed by atoms with Crippen molar-refractivity contribution >= 4 is 33.3 Å². The van der Waals surface area contributed by atoms with E-state index in [1.807, 2.05) is 12.3 Å². The van der Waals surface area contributed by atoms with Gasteiger partial charge in [0.15, 0.2) is 5.82 Å². The Hall–Kier alpha value is -3.03. The number of hydrogen-bond acceptors (Lipinski definition) is 5. The van der Waals surface area contributed by atoms with Crippen LogP contribution in [0, 0.1) is 0 Å². The van der Waals surface area contributed by atoms with E-state index in [2.05, 4.69) is 60.5 Å². The molecule has 4 aromatic heterocycles. The number of hydrogen-bond donors (Lipinski definition) is 3. The molecule has 0 atom stereocenters. The second kappa shape index (κ2) is 6.79. The zero-order valence-corrected chi connectivity index (χ0v) is 16.6. The lowest BCUT2D eigenvalue weighted by atomic mass is 9.89. The Morgan fingerprint density at radius 1 is 1.00 bits per heavy atom. The van der Waals surface area contributed by atoms with E-state index in [9.17, 15) is 0 Å². The summed E-state index contributed by atoms with van der Waals surface area (Å²) in [6.07, 6.45) is 4.19. The number of thiophene rings is 1. The minimum atomic E-state index is 0.605. The van der Waals surface area contributed by atoms with Crippen molar-refractivity contribution in [3.8, 4) is 22.8 Å². The summed E-state index contributed by atoms with van der Waals surface area (Å²) < 4.78 is 0. The van der Waals surface area contributed by atoms with Crippen molar-refractivity contribution in [2.45, 2.75) is 18.8 Å². The Morgan fingerprint density at radius 3 is 2.79 bits per heavy atom. The number of rotatable bonds is 3. The van der Waals surface area contributed by atoms with Gasteiger partial charge in [0.25, 0.3) is 0 Å². The summed E-state index contributed by atoms with van der Waals surface area (Å²) in [5.74, 6) is 1.38. The van der Waals surface area contributed by atoms with Crippen LogP contribution in [0.5, 0.6) is 0 Å². The lowest BCUT2D eigenvalue weighted by Crippen LogP contribution is -2.26. The largest absolute Gasteiger partial charge is 0.336 e. The fraction of sp³-hybridized carbons (Fsp3) is 0.227. The average molecular weight is 401 g/mol. The maximum Gasteiger partial charge on any atom is 0.159 e. The third kappa shape index (κ3) is 2.85. The van der Waals surface area contributed by atoms with E-state index in [1.54, 1.807) is 11.3 Å². The Balaban J connectivity index is 1.48. The molecule has 1 fully saturated rings. The minimum absolute atomic E-state index is 0.605. The van der Waals surface area contributed by atoms with Crippen molar-refractivity contribution in [3.05, 3.63) is 52.9 Å². The maximum atomic E-state index is 4.90. The standard InChI is InChI=1S/C22H20N6S/c1-2-17-16(11-14(1)13-3-7-23-8-4-13)20(28-27-17)22-25-18-5-9-24-19(21(18)26-22)15-6-10-29-12-15/h1-2,5-6,9-13,23H,3-4,7-8H2,(H,25,26)(H,27,28). The van der Waals surface area contributed by atoms with Gasteiger partial charge in [-0.2, -0.15) is 16.4 Å². The van der Waals surface area contributed by atoms with E-state index in [-0.39, 0.29) is 0 Å². The van der Waals surface area contributed by atoms with Crippen molar-refractivity contribution in [1.29, 1.82) is 0 Å². The quantitative estimate of drug-likeness (QED) is 0.410. The first kappa shape index (κ1) is 16.9. The molecule has 6 rings (SSSR count). The molecule has 5 aromatic rings. The summed E-state index contributed by atoms with van der Waals surface area (Å²) in [7, 11) is 0. The molecule has 1 aliphatic rings. The van der Waals surface area contributed by atoms with Gasteiger partial charge in [-0.15, -0.1) is 0 Å². The van der Waals surface area contributed by atoms with Gasteiger partial charge in [-0.1, -0.05) is 6.07 Å². The molecule has 0 amide bonds. The second-order valence-corrected chi connectivity index (χ2v) is 8.33. The van der Waals surface area contributed by atoms with Crippen molar-refractivity contribution in [3.63, 3.8) is 0 Å². The monoisotopic (exact) mass is 400 g/mol. The molecule has 29 heavy (non-hydrogen) atoms. The van der Waals surface area contributed by atoms with E-state index < -0.39 is 0 Å². The van der Waals surface area contributed by atoms with Crippen LogP contribution >= 0.6 is 11.3 Å². The van der Waals surface area contributed by atoms with Gasteiger partial charge in [0.1, 0.15) is 11.2 Å². The number of aromatic nitrogens is 5. The lowest BCUT2D eigenvalue weighted by Gasteiger charge is -2.23. The zero-order chi connectivity index (χ0) is 19.2. The summed E-state index contributed by atoms with van der Waals surface area (Å²) in [5, 5.41) is 16.5. The van der Waals surface area contributed by atoms with Crippen molar-refractivity contribution < 1.29 is 0 Å². The van der Waals surface area contributed by atoms with E-state index in [4.69, 9.17) is 4.98 Å². The smallest absolute Gasteiger partial charge is 0.159 e. The number of fused-ring (bicyclic) bond motifs is 2. The second-order valence-electron chi connectivity index (χ2n) is 7.55. The molecule has 3 N–H and O–H groups in total. The van der Waals surface area contributed by atoms with Gasteiger partial charge >= 0.3 is 0 Å². The van der Waals surface area contributed by atoms with Crippen LogP contribution in [0.2, 0.25) is 0 Å². The summed E-state index contributed by atoms with van der Waals surface area (Å²) >= 11 is 1.66. The minimum Gasteiger partial charge on any atom is -0.336 e. The van der Waals surface area contributed by atoms with Crippen LogP contribution in [0.15, 0.2) is 47.3 Å². The first-order valence-electron chi connectivity index (χ1n) is 9.93. The van der Waals surface area contributed by atoms with Crippen LogP contribution in [0.25, 0.3) is 44.7 Å². The van der Waals surface area contributed by atoms with Gasteiger partial charge in [-0.3, -0.25) is 10.1 Å². The number of piperidine rings is 1. The molecule has 1 aliphatic heterocycles. The molecule has 7 heteroatoms. The van der Waals surface area contributed by atoms with Gasteiger partial charge in [0.2, 0.25) is 0 Å². The number of nitrogens with one attached hydrogen (secondary N) is 3. The number of imidazole rings is 1. The molecule has 0 aliphatic carbocycles. The van der Waals surface area contributed by atoms with Crippen LogP contribution in [-0.2, 0) is 0 Å².